The third kappa shape index (κ3) is 4.49. The number of hydrogen-bond acceptors (Lipinski definition) is 4. The van der Waals surface area contributed by atoms with Crippen molar-refractivity contribution >= 4 is 27.3 Å². The van der Waals surface area contributed by atoms with E-state index in [2.05, 4.69) is 10.6 Å². The summed E-state index contributed by atoms with van der Waals surface area (Å²) in [4.78, 5) is 12.1. The predicted octanol–water partition coefficient (Wildman–Crippen LogP) is 2.08. The van der Waals surface area contributed by atoms with Gasteiger partial charge < -0.3 is 10.6 Å². The van der Waals surface area contributed by atoms with Crippen LogP contribution in [0.1, 0.15) is 32.1 Å². The maximum Gasteiger partial charge on any atom is 0.235 e. The first kappa shape index (κ1) is 18.1. The van der Waals surface area contributed by atoms with Crippen LogP contribution < -0.4 is 14.9 Å². The van der Waals surface area contributed by atoms with Gasteiger partial charge in [-0.1, -0.05) is 0 Å². The Kier molecular flexibility index (Phi) is 5.58. The fraction of sp³-hybridized carbons (Fsp3) is 0.588. The van der Waals surface area contributed by atoms with E-state index in [1.807, 2.05) is 0 Å². The summed E-state index contributed by atoms with van der Waals surface area (Å²) in [5.74, 6) is -0.136. The predicted molar refractivity (Wildman–Crippen MR) is 95.6 cm³/mol. The standard InChI is InChI=1S/C17H24FN3O3S/c18-15-4-3-14(12-16(15)21-10-1-11-25(21,23)24)20-17(22)5-2-13-6-8-19-9-7-13/h3-4,12-13,19H,1-2,5-11H2,(H,20,22). The molecule has 0 atom stereocenters. The summed E-state index contributed by atoms with van der Waals surface area (Å²) in [6.07, 6.45) is 3.90. The second-order valence-corrected chi connectivity index (χ2v) is 8.70. The monoisotopic (exact) mass is 369 g/mol. The lowest BCUT2D eigenvalue weighted by molar-refractivity contribution is -0.116. The summed E-state index contributed by atoms with van der Waals surface area (Å²) in [6, 6.07) is 4.07. The van der Waals surface area contributed by atoms with Gasteiger partial charge in [0.05, 0.1) is 11.4 Å². The van der Waals surface area contributed by atoms with E-state index < -0.39 is 15.8 Å². The summed E-state index contributed by atoms with van der Waals surface area (Å²) in [7, 11) is -3.46. The van der Waals surface area contributed by atoms with E-state index in [1.165, 1.54) is 18.2 Å². The van der Waals surface area contributed by atoms with Crippen LogP contribution in [0.15, 0.2) is 18.2 Å². The van der Waals surface area contributed by atoms with Crippen LogP contribution in [0.3, 0.4) is 0 Å². The number of anilines is 2. The van der Waals surface area contributed by atoms with Gasteiger partial charge in [-0.3, -0.25) is 9.10 Å². The van der Waals surface area contributed by atoms with Crippen molar-refractivity contribution < 1.29 is 17.6 Å². The minimum absolute atomic E-state index is 0.00801. The minimum Gasteiger partial charge on any atom is -0.326 e. The highest BCUT2D eigenvalue weighted by Crippen LogP contribution is 2.29. The molecule has 1 aromatic rings. The number of rotatable bonds is 5. The fourth-order valence-corrected chi connectivity index (χ4v) is 4.98. The minimum atomic E-state index is -3.46. The topological polar surface area (TPSA) is 78.5 Å². The van der Waals surface area contributed by atoms with E-state index in [1.54, 1.807) is 0 Å². The van der Waals surface area contributed by atoms with E-state index in [9.17, 15) is 17.6 Å². The quantitative estimate of drug-likeness (QED) is 0.833. The molecule has 3 rings (SSSR count). The average Bonchev–Trinajstić information content (AvgIpc) is 2.95. The summed E-state index contributed by atoms with van der Waals surface area (Å²) in [5, 5.41) is 6.05. The Bertz CT molecular complexity index is 733. The molecule has 1 amide bonds. The summed E-state index contributed by atoms with van der Waals surface area (Å²) in [5.41, 5.74) is 0.433. The molecule has 0 radical (unpaired) electrons. The van der Waals surface area contributed by atoms with Crippen molar-refractivity contribution in [1.29, 1.82) is 0 Å². The second kappa shape index (κ2) is 7.70. The molecular formula is C17H24FN3O3S. The van der Waals surface area contributed by atoms with Crippen molar-refractivity contribution in [2.75, 3.05) is 35.0 Å². The molecule has 0 spiro atoms. The number of benzene rings is 1. The SMILES string of the molecule is O=C(CCC1CCNCC1)Nc1ccc(F)c(N2CCCS2(=O)=O)c1. The summed E-state index contributed by atoms with van der Waals surface area (Å²) < 4.78 is 39.1. The number of amides is 1. The van der Waals surface area contributed by atoms with Crippen molar-refractivity contribution in [3.8, 4) is 0 Å². The molecule has 2 fully saturated rings. The van der Waals surface area contributed by atoms with Gasteiger partial charge in [-0.05, 0) is 62.9 Å². The number of nitrogens with one attached hydrogen (secondary N) is 2. The molecule has 0 aliphatic carbocycles. The Morgan fingerprint density at radius 2 is 2.08 bits per heavy atom. The Labute approximate surface area is 147 Å². The molecule has 2 heterocycles. The fourth-order valence-electron chi connectivity index (χ4n) is 3.42. The molecule has 138 valence electrons. The lowest BCUT2D eigenvalue weighted by atomic mass is 9.93. The molecule has 2 aliphatic rings. The van der Waals surface area contributed by atoms with Crippen molar-refractivity contribution in [2.24, 2.45) is 5.92 Å². The summed E-state index contributed by atoms with van der Waals surface area (Å²) in [6.45, 7) is 2.27. The van der Waals surface area contributed by atoms with Gasteiger partial charge >= 0.3 is 0 Å². The largest absolute Gasteiger partial charge is 0.326 e. The van der Waals surface area contributed by atoms with Crippen LogP contribution in [0.25, 0.3) is 0 Å². The summed E-state index contributed by atoms with van der Waals surface area (Å²) >= 11 is 0. The number of carbonyl (C=O) groups excluding carboxylic acids is 1. The van der Waals surface area contributed by atoms with Crippen LogP contribution in [-0.2, 0) is 14.8 Å². The molecule has 0 bridgehead atoms. The molecule has 2 N–H and O–H groups in total. The smallest absolute Gasteiger partial charge is 0.235 e. The van der Waals surface area contributed by atoms with Gasteiger partial charge in [-0.2, -0.15) is 0 Å². The van der Waals surface area contributed by atoms with E-state index in [4.69, 9.17) is 0 Å². The van der Waals surface area contributed by atoms with Gasteiger partial charge in [0, 0.05) is 18.7 Å². The van der Waals surface area contributed by atoms with Gasteiger partial charge in [-0.15, -0.1) is 0 Å². The number of carbonyl (C=O) groups is 1. The molecule has 8 heteroatoms. The molecule has 1 aromatic carbocycles. The maximum absolute atomic E-state index is 14.1. The maximum atomic E-state index is 14.1. The number of hydrogen-bond donors (Lipinski definition) is 2. The van der Waals surface area contributed by atoms with Gasteiger partial charge in [0.15, 0.2) is 0 Å². The first-order valence-electron chi connectivity index (χ1n) is 8.76. The number of halogens is 1. The van der Waals surface area contributed by atoms with Crippen molar-refractivity contribution in [3.63, 3.8) is 0 Å². The highest BCUT2D eigenvalue weighted by molar-refractivity contribution is 7.93. The van der Waals surface area contributed by atoms with Gasteiger partial charge in [0.2, 0.25) is 15.9 Å². The Hall–Kier alpha value is -1.67. The van der Waals surface area contributed by atoms with Crippen molar-refractivity contribution in [3.05, 3.63) is 24.0 Å². The lowest BCUT2D eigenvalue weighted by Crippen LogP contribution is -2.28. The van der Waals surface area contributed by atoms with Crippen LogP contribution in [0.4, 0.5) is 15.8 Å². The van der Waals surface area contributed by atoms with Crippen LogP contribution in [0.5, 0.6) is 0 Å². The lowest BCUT2D eigenvalue weighted by Gasteiger charge is -2.22. The third-order valence-electron chi connectivity index (χ3n) is 4.84. The number of piperidine rings is 1. The van der Waals surface area contributed by atoms with Crippen LogP contribution in [0.2, 0.25) is 0 Å². The zero-order valence-corrected chi connectivity index (χ0v) is 14.9. The van der Waals surface area contributed by atoms with Gasteiger partial charge in [0.1, 0.15) is 5.82 Å². The second-order valence-electron chi connectivity index (χ2n) is 6.69. The Morgan fingerprint density at radius 3 is 2.76 bits per heavy atom. The van der Waals surface area contributed by atoms with E-state index in [-0.39, 0.29) is 23.9 Å². The first-order valence-corrected chi connectivity index (χ1v) is 10.4. The zero-order chi connectivity index (χ0) is 17.9. The van der Waals surface area contributed by atoms with Gasteiger partial charge in [-0.25, -0.2) is 12.8 Å². The molecule has 2 saturated heterocycles. The van der Waals surface area contributed by atoms with E-state index in [0.717, 1.165) is 36.7 Å². The van der Waals surface area contributed by atoms with Gasteiger partial charge in [0.25, 0.3) is 0 Å². The Morgan fingerprint density at radius 1 is 1.32 bits per heavy atom. The molecule has 0 unspecified atom stereocenters. The molecule has 2 aliphatic heterocycles. The molecule has 6 nitrogen and oxygen atoms in total. The Balaban J connectivity index is 1.62. The van der Waals surface area contributed by atoms with Crippen LogP contribution >= 0.6 is 0 Å². The average molecular weight is 369 g/mol. The molecule has 0 saturated carbocycles. The third-order valence-corrected chi connectivity index (χ3v) is 6.69. The molecule has 25 heavy (non-hydrogen) atoms. The van der Waals surface area contributed by atoms with Crippen LogP contribution in [-0.4, -0.2) is 39.7 Å². The number of nitrogens with zero attached hydrogens (tertiary/aromatic N) is 1. The van der Waals surface area contributed by atoms with E-state index >= 15 is 0 Å². The normalized spacial score (nSPS) is 20.6. The molecule has 0 aromatic heterocycles. The molecular weight excluding hydrogens is 345 g/mol. The van der Waals surface area contributed by atoms with Crippen LogP contribution in [0, 0.1) is 11.7 Å². The zero-order valence-electron chi connectivity index (χ0n) is 14.1. The van der Waals surface area contributed by atoms with E-state index in [0.29, 0.717) is 24.4 Å². The van der Waals surface area contributed by atoms with Crippen molar-refractivity contribution in [1.82, 2.24) is 5.32 Å². The van der Waals surface area contributed by atoms with Crippen molar-refractivity contribution in [2.45, 2.75) is 32.1 Å². The number of sulfonamides is 1. The highest BCUT2D eigenvalue weighted by atomic mass is 32.2. The highest BCUT2D eigenvalue weighted by Gasteiger charge is 2.30. The first-order chi connectivity index (χ1) is 12.0.